The minimum atomic E-state index is -0.785. The van der Waals surface area contributed by atoms with Crippen LogP contribution in [0, 0.1) is 11.6 Å². The lowest BCUT2D eigenvalue weighted by Crippen LogP contribution is -2.09. The second-order valence-corrected chi connectivity index (χ2v) is 3.50. The molecule has 0 saturated carbocycles. The summed E-state index contributed by atoms with van der Waals surface area (Å²) < 4.78 is 29.7. The predicted molar refractivity (Wildman–Crippen MR) is 58.4 cm³/mol. The molecule has 0 radical (unpaired) electrons. The van der Waals surface area contributed by atoms with Crippen molar-refractivity contribution in [2.45, 2.75) is 0 Å². The van der Waals surface area contributed by atoms with E-state index in [-0.39, 0.29) is 11.6 Å². The zero-order valence-corrected chi connectivity index (χ0v) is 9.03. The van der Waals surface area contributed by atoms with Crippen molar-refractivity contribution in [3.63, 3.8) is 0 Å². The first-order valence-corrected chi connectivity index (χ1v) is 5.12. The largest absolute Gasteiger partial charge is 0.220 e. The Labute approximate surface area is 100 Å². The average Bonchev–Trinajstić information content (AvgIpc) is 3.01. The van der Waals surface area contributed by atoms with Gasteiger partial charge >= 0.3 is 0 Å². The zero-order valence-electron chi connectivity index (χ0n) is 9.03. The van der Waals surface area contributed by atoms with Crippen molar-refractivity contribution in [1.29, 1.82) is 0 Å². The summed E-state index contributed by atoms with van der Waals surface area (Å²) in [4.78, 5) is 3.91. The van der Waals surface area contributed by atoms with Gasteiger partial charge in [0.15, 0.2) is 23.3 Å². The first kappa shape index (κ1) is 10.6. The second-order valence-electron chi connectivity index (χ2n) is 3.50. The Morgan fingerprint density at radius 3 is 1.72 bits per heavy atom. The van der Waals surface area contributed by atoms with E-state index < -0.39 is 11.6 Å². The normalized spacial score (nSPS) is 10.8. The van der Waals surface area contributed by atoms with Gasteiger partial charge in [-0.3, -0.25) is 0 Å². The monoisotopic (exact) mass is 247 g/mol. The molecule has 3 rings (SSSR count). The standard InChI is InChI=1S/C11H7F2N5/c12-8-7-9(13)11(18-6-2-4-15-18)16-10(8)17-5-1-3-14-17/h1-7H. The summed E-state index contributed by atoms with van der Waals surface area (Å²) in [6.45, 7) is 0. The van der Waals surface area contributed by atoms with Crippen molar-refractivity contribution in [3.05, 3.63) is 54.6 Å². The van der Waals surface area contributed by atoms with Crippen LogP contribution in [0.15, 0.2) is 43.0 Å². The highest BCUT2D eigenvalue weighted by molar-refractivity contribution is 5.33. The van der Waals surface area contributed by atoms with Crippen LogP contribution in [0.4, 0.5) is 8.78 Å². The average molecular weight is 247 g/mol. The number of rotatable bonds is 2. The van der Waals surface area contributed by atoms with Gasteiger partial charge in [0, 0.05) is 30.9 Å². The highest BCUT2D eigenvalue weighted by atomic mass is 19.1. The Hall–Kier alpha value is -2.57. The Bertz CT molecular complexity index is 606. The molecule has 0 aliphatic rings. The zero-order chi connectivity index (χ0) is 12.5. The molecule has 0 aromatic carbocycles. The fourth-order valence-electron chi connectivity index (χ4n) is 1.56. The third kappa shape index (κ3) is 1.65. The smallest absolute Gasteiger partial charge is 0.191 e. The van der Waals surface area contributed by atoms with Crippen molar-refractivity contribution < 1.29 is 8.78 Å². The Morgan fingerprint density at radius 1 is 0.833 bits per heavy atom. The number of halogens is 2. The van der Waals surface area contributed by atoms with Gasteiger partial charge in [0.25, 0.3) is 0 Å². The van der Waals surface area contributed by atoms with Crippen molar-refractivity contribution in [2.75, 3.05) is 0 Å². The van der Waals surface area contributed by atoms with E-state index in [1.165, 1.54) is 34.2 Å². The van der Waals surface area contributed by atoms with E-state index >= 15 is 0 Å². The molecule has 0 bridgehead atoms. The van der Waals surface area contributed by atoms with Crippen LogP contribution in [-0.2, 0) is 0 Å². The fourth-order valence-corrected chi connectivity index (χ4v) is 1.56. The van der Waals surface area contributed by atoms with Crippen LogP contribution >= 0.6 is 0 Å². The van der Waals surface area contributed by atoms with E-state index in [4.69, 9.17) is 0 Å². The van der Waals surface area contributed by atoms with Crippen LogP contribution in [0.2, 0.25) is 0 Å². The molecule has 3 aromatic rings. The molecule has 7 heteroatoms. The highest BCUT2D eigenvalue weighted by Gasteiger charge is 2.15. The molecule has 3 heterocycles. The van der Waals surface area contributed by atoms with Crippen LogP contribution in [0.25, 0.3) is 11.6 Å². The minimum absolute atomic E-state index is 0.0769. The molecule has 0 aliphatic carbocycles. The van der Waals surface area contributed by atoms with Gasteiger partial charge in [-0.15, -0.1) is 0 Å². The maximum atomic E-state index is 13.6. The van der Waals surface area contributed by atoms with Crippen LogP contribution in [0.3, 0.4) is 0 Å². The van der Waals surface area contributed by atoms with E-state index in [1.807, 2.05) is 0 Å². The summed E-state index contributed by atoms with van der Waals surface area (Å²) in [5.74, 6) is -1.72. The summed E-state index contributed by atoms with van der Waals surface area (Å²) in [6.07, 6.45) is 6.02. The van der Waals surface area contributed by atoms with Crippen molar-refractivity contribution in [2.24, 2.45) is 0 Å². The van der Waals surface area contributed by atoms with E-state index in [9.17, 15) is 8.78 Å². The SMILES string of the molecule is Fc1cc(F)c(-n2cccn2)nc1-n1cccn1. The minimum Gasteiger partial charge on any atom is -0.220 e. The summed E-state index contributed by atoms with van der Waals surface area (Å²) in [5.41, 5.74) is 0. The lowest BCUT2D eigenvalue weighted by atomic mass is 10.4. The van der Waals surface area contributed by atoms with Gasteiger partial charge < -0.3 is 0 Å². The number of hydrogen-bond donors (Lipinski definition) is 0. The molecular formula is C11H7F2N5. The van der Waals surface area contributed by atoms with Crippen LogP contribution < -0.4 is 0 Å². The van der Waals surface area contributed by atoms with Gasteiger partial charge in [-0.2, -0.15) is 10.2 Å². The van der Waals surface area contributed by atoms with Crippen LogP contribution in [0.1, 0.15) is 0 Å². The number of nitrogens with zero attached hydrogens (tertiary/aromatic N) is 5. The first-order valence-electron chi connectivity index (χ1n) is 5.12. The van der Waals surface area contributed by atoms with Crippen molar-refractivity contribution in [3.8, 4) is 11.6 Å². The van der Waals surface area contributed by atoms with Gasteiger partial charge in [-0.1, -0.05) is 0 Å². The Balaban J connectivity index is 2.20. The van der Waals surface area contributed by atoms with E-state index in [0.717, 1.165) is 6.07 Å². The number of pyridine rings is 1. The number of aromatic nitrogens is 5. The van der Waals surface area contributed by atoms with Gasteiger partial charge in [-0.05, 0) is 12.1 Å². The predicted octanol–water partition coefficient (Wildman–Crippen LogP) is 1.73. The summed E-state index contributed by atoms with van der Waals surface area (Å²) in [5, 5.41) is 7.72. The molecule has 0 N–H and O–H groups in total. The fraction of sp³-hybridized carbons (Fsp3) is 0. The lowest BCUT2D eigenvalue weighted by molar-refractivity contribution is 0.549. The van der Waals surface area contributed by atoms with Crippen molar-refractivity contribution >= 4 is 0 Å². The maximum absolute atomic E-state index is 13.6. The van der Waals surface area contributed by atoms with E-state index in [1.54, 1.807) is 12.1 Å². The summed E-state index contributed by atoms with van der Waals surface area (Å²) in [6, 6.07) is 4.01. The highest BCUT2D eigenvalue weighted by Crippen LogP contribution is 2.16. The molecule has 0 atom stereocenters. The topological polar surface area (TPSA) is 48.5 Å². The van der Waals surface area contributed by atoms with E-state index in [0.29, 0.717) is 0 Å². The van der Waals surface area contributed by atoms with Crippen molar-refractivity contribution in [1.82, 2.24) is 24.5 Å². The molecule has 0 amide bonds. The molecule has 0 spiro atoms. The molecule has 5 nitrogen and oxygen atoms in total. The number of hydrogen-bond acceptors (Lipinski definition) is 3. The molecule has 0 saturated heterocycles. The second kappa shape index (κ2) is 4.02. The van der Waals surface area contributed by atoms with E-state index in [2.05, 4.69) is 15.2 Å². The van der Waals surface area contributed by atoms with Gasteiger partial charge in [-0.25, -0.2) is 23.1 Å². The molecule has 90 valence electrons. The van der Waals surface area contributed by atoms with Gasteiger partial charge in [0.1, 0.15) is 0 Å². The molecule has 0 fully saturated rings. The third-order valence-electron chi connectivity index (χ3n) is 2.34. The molecular weight excluding hydrogens is 240 g/mol. The Kier molecular flexibility index (Phi) is 2.36. The molecule has 3 aromatic heterocycles. The maximum Gasteiger partial charge on any atom is 0.191 e. The van der Waals surface area contributed by atoms with Crippen LogP contribution in [-0.4, -0.2) is 24.5 Å². The molecule has 18 heavy (non-hydrogen) atoms. The third-order valence-corrected chi connectivity index (χ3v) is 2.34. The Morgan fingerprint density at radius 2 is 1.33 bits per heavy atom. The summed E-state index contributed by atoms with van der Waals surface area (Å²) in [7, 11) is 0. The van der Waals surface area contributed by atoms with Crippen LogP contribution in [0.5, 0.6) is 0 Å². The molecule has 0 aliphatic heterocycles. The van der Waals surface area contributed by atoms with Gasteiger partial charge in [0.05, 0.1) is 0 Å². The summed E-state index contributed by atoms with van der Waals surface area (Å²) >= 11 is 0. The molecule has 0 unspecified atom stereocenters. The van der Waals surface area contributed by atoms with Gasteiger partial charge in [0.2, 0.25) is 0 Å². The quantitative estimate of drug-likeness (QED) is 0.693. The first-order chi connectivity index (χ1) is 8.75. The lowest BCUT2D eigenvalue weighted by Gasteiger charge is -2.07.